The molecule has 1 atom stereocenters. The van der Waals surface area contributed by atoms with Gasteiger partial charge in [0, 0.05) is 11.1 Å². The number of fused-ring (bicyclic) bond motifs is 1. The molecule has 0 aliphatic heterocycles. The van der Waals surface area contributed by atoms with Gasteiger partial charge in [0.05, 0.1) is 11.6 Å². The van der Waals surface area contributed by atoms with Crippen LogP contribution in [0.2, 0.25) is 0 Å². The summed E-state index contributed by atoms with van der Waals surface area (Å²) in [5, 5.41) is 18.9. The van der Waals surface area contributed by atoms with E-state index in [2.05, 4.69) is 4.98 Å². The molecule has 1 heterocycles. The molecule has 0 saturated carbocycles. The molecule has 1 unspecified atom stereocenters. The monoisotopic (exact) mass is 198 g/mol. The molecule has 0 bridgehead atoms. The second kappa shape index (κ2) is 3.68. The Labute approximate surface area is 87.6 Å². The van der Waals surface area contributed by atoms with Crippen molar-refractivity contribution in [3.63, 3.8) is 0 Å². The van der Waals surface area contributed by atoms with E-state index in [1.165, 1.54) is 0 Å². The summed E-state index contributed by atoms with van der Waals surface area (Å²) in [5.74, 6) is 0. The third-order valence-corrected chi connectivity index (χ3v) is 2.29. The zero-order chi connectivity index (χ0) is 10.8. The van der Waals surface area contributed by atoms with Crippen molar-refractivity contribution in [2.45, 2.75) is 13.0 Å². The molecule has 0 amide bonds. The maximum atomic E-state index is 9.36. The number of nitrogens with zero attached hydrogens (tertiary/aromatic N) is 2. The molecule has 0 radical (unpaired) electrons. The van der Waals surface area contributed by atoms with E-state index in [1.54, 1.807) is 18.2 Å². The molecular formula is C12H10N2O. The molecule has 1 aromatic heterocycles. The first kappa shape index (κ1) is 9.63. The van der Waals surface area contributed by atoms with Crippen LogP contribution in [-0.2, 0) is 0 Å². The van der Waals surface area contributed by atoms with Crippen LogP contribution in [0.5, 0.6) is 0 Å². The van der Waals surface area contributed by atoms with Crippen LogP contribution in [0.15, 0.2) is 30.3 Å². The van der Waals surface area contributed by atoms with Crippen molar-refractivity contribution in [2.24, 2.45) is 0 Å². The minimum atomic E-state index is -1.06. The third-order valence-electron chi connectivity index (χ3n) is 2.29. The molecule has 2 aromatic rings. The lowest BCUT2D eigenvalue weighted by Crippen LogP contribution is -1.93. The van der Waals surface area contributed by atoms with Crippen LogP contribution in [0.3, 0.4) is 0 Å². The summed E-state index contributed by atoms with van der Waals surface area (Å²) in [7, 11) is 0. The number of rotatable bonds is 1. The second-order valence-corrected chi connectivity index (χ2v) is 3.44. The van der Waals surface area contributed by atoms with E-state index in [1.807, 2.05) is 25.1 Å². The number of nitriles is 1. The molecule has 15 heavy (non-hydrogen) atoms. The largest absolute Gasteiger partial charge is 0.374 e. The molecule has 3 nitrogen and oxygen atoms in total. The van der Waals surface area contributed by atoms with Crippen LogP contribution in [-0.4, -0.2) is 10.1 Å². The fourth-order valence-corrected chi connectivity index (χ4v) is 1.49. The molecular weight excluding hydrogens is 188 g/mol. The van der Waals surface area contributed by atoms with Gasteiger partial charge in [0.15, 0.2) is 6.10 Å². The van der Waals surface area contributed by atoms with Gasteiger partial charge in [-0.05, 0) is 30.7 Å². The summed E-state index contributed by atoms with van der Waals surface area (Å²) < 4.78 is 0. The van der Waals surface area contributed by atoms with Crippen LogP contribution >= 0.6 is 0 Å². The van der Waals surface area contributed by atoms with Crippen molar-refractivity contribution in [3.05, 3.63) is 41.6 Å². The fourth-order valence-electron chi connectivity index (χ4n) is 1.49. The summed E-state index contributed by atoms with van der Waals surface area (Å²) >= 11 is 0. The summed E-state index contributed by atoms with van der Waals surface area (Å²) in [4.78, 5) is 4.34. The minimum Gasteiger partial charge on any atom is -0.374 e. The molecule has 0 fully saturated rings. The summed E-state index contributed by atoms with van der Waals surface area (Å²) in [6.45, 7) is 1.93. The van der Waals surface area contributed by atoms with Crippen molar-refractivity contribution in [2.75, 3.05) is 0 Å². The number of aliphatic hydroxyl groups excluding tert-OH is 1. The van der Waals surface area contributed by atoms with Gasteiger partial charge in [-0.25, -0.2) is 0 Å². The van der Waals surface area contributed by atoms with E-state index in [9.17, 15) is 5.11 Å². The lowest BCUT2D eigenvalue weighted by Gasteiger charge is -2.04. The molecule has 2 rings (SSSR count). The van der Waals surface area contributed by atoms with E-state index in [0.717, 1.165) is 16.6 Å². The smallest absolute Gasteiger partial charge is 0.165 e. The molecule has 0 aliphatic rings. The van der Waals surface area contributed by atoms with Crippen LogP contribution in [0.4, 0.5) is 0 Å². The number of hydrogen-bond donors (Lipinski definition) is 1. The Bertz CT molecular complexity index is 543. The van der Waals surface area contributed by atoms with Crippen LogP contribution in [0, 0.1) is 18.3 Å². The first-order valence-corrected chi connectivity index (χ1v) is 4.66. The number of aromatic nitrogens is 1. The predicted molar refractivity (Wildman–Crippen MR) is 57.1 cm³/mol. The van der Waals surface area contributed by atoms with Crippen LogP contribution < -0.4 is 0 Å². The van der Waals surface area contributed by atoms with Gasteiger partial charge >= 0.3 is 0 Å². The van der Waals surface area contributed by atoms with Crippen molar-refractivity contribution in [1.82, 2.24) is 4.98 Å². The van der Waals surface area contributed by atoms with E-state index in [-0.39, 0.29) is 0 Å². The Balaban J connectivity index is 2.58. The van der Waals surface area contributed by atoms with Crippen molar-refractivity contribution < 1.29 is 5.11 Å². The molecule has 0 saturated heterocycles. The molecule has 1 N–H and O–H groups in total. The standard InChI is InChI=1S/C12H10N2O/c1-8-2-3-9-6-10(12(15)7-13)4-5-11(9)14-8/h2-6,12,15H,1H3. The molecule has 0 spiro atoms. The van der Waals surface area contributed by atoms with E-state index < -0.39 is 6.10 Å². The summed E-state index contributed by atoms with van der Waals surface area (Å²) in [6, 6.07) is 11.0. The number of aryl methyl sites for hydroxylation is 1. The van der Waals surface area contributed by atoms with Crippen molar-refractivity contribution in [1.29, 1.82) is 5.26 Å². The van der Waals surface area contributed by atoms with Gasteiger partial charge in [-0.1, -0.05) is 12.1 Å². The maximum absolute atomic E-state index is 9.36. The van der Waals surface area contributed by atoms with Gasteiger partial charge < -0.3 is 5.11 Å². The van der Waals surface area contributed by atoms with E-state index in [4.69, 9.17) is 5.26 Å². The van der Waals surface area contributed by atoms with Gasteiger partial charge in [-0.15, -0.1) is 0 Å². The summed E-state index contributed by atoms with van der Waals surface area (Å²) in [5.41, 5.74) is 2.44. The first-order chi connectivity index (χ1) is 7.20. The lowest BCUT2D eigenvalue weighted by molar-refractivity contribution is 0.236. The molecule has 0 aliphatic carbocycles. The Morgan fingerprint density at radius 3 is 2.87 bits per heavy atom. The van der Waals surface area contributed by atoms with Gasteiger partial charge in [0.1, 0.15) is 0 Å². The average Bonchev–Trinajstić information content (AvgIpc) is 2.27. The molecule has 3 heteroatoms. The van der Waals surface area contributed by atoms with E-state index >= 15 is 0 Å². The number of hydrogen-bond acceptors (Lipinski definition) is 3. The van der Waals surface area contributed by atoms with Crippen LogP contribution in [0.1, 0.15) is 17.4 Å². The number of benzene rings is 1. The Hall–Kier alpha value is -1.92. The van der Waals surface area contributed by atoms with Gasteiger partial charge in [0.2, 0.25) is 0 Å². The average molecular weight is 198 g/mol. The van der Waals surface area contributed by atoms with Gasteiger partial charge in [-0.3, -0.25) is 4.98 Å². The first-order valence-electron chi connectivity index (χ1n) is 4.66. The Morgan fingerprint density at radius 2 is 2.13 bits per heavy atom. The highest BCUT2D eigenvalue weighted by molar-refractivity contribution is 5.79. The number of pyridine rings is 1. The Kier molecular flexibility index (Phi) is 2.36. The SMILES string of the molecule is Cc1ccc2cc(C(O)C#N)ccc2n1. The van der Waals surface area contributed by atoms with Crippen molar-refractivity contribution >= 4 is 10.9 Å². The zero-order valence-corrected chi connectivity index (χ0v) is 8.31. The zero-order valence-electron chi connectivity index (χ0n) is 8.31. The second-order valence-electron chi connectivity index (χ2n) is 3.44. The molecule has 1 aromatic carbocycles. The topological polar surface area (TPSA) is 56.9 Å². The van der Waals surface area contributed by atoms with Gasteiger partial charge in [0.25, 0.3) is 0 Å². The van der Waals surface area contributed by atoms with Gasteiger partial charge in [-0.2, -0.15) is 5.26 Å². The highest BCUT2D eigenvalue weighted by Crippen LogP contribution is 2.19. The quantitative estimate of drug-likeness (QED) is 0.714. The highest BCUT2D eigenvalue weighted by Gasteiger charge is 2.06. The lowest BCUT2D eigenvalue weighted by atomic mass is 10.1. The highest BCUT2D eigenvalue weighted by atomic mass is 16.3. The third kappa shape index (κ3) is 1.80. The number of aliphatic hydroxyl groups is 1. The van der Waals surface area contributed by atoms with Crippen molar-refractivity contribution in [3.8, 4) is 6.07 Å². The van der Waals surface area contributed by atoms with Crippen LogP contribution in [0.25, 0.3) is 10.9 Å². The minimum absolute atomic E-state index is 0.607. The summed E-state index contributed by atoms with van der Waals surface area (Å²) in [6.07, 6.45) is -1.06. The maximum Gasteiger partial charge on any atom is 0.165 e. The Morgan fingerprint density at radius 1 is 1.33 bits per heavy atom. The predicted octanol–water partition coefficient (Wildman–Crippen LogP) is 2.10. The normalized spacial score (nSPS) is 12.3. The fraction of sp³-hybridized carbons (Fsp3) is 0.167. The molecule has 74 valence electrons. The van der Waals surface area contributed by atoms with E-state index in [0.29, 0.717) is 5.56 Å².